The van der Waals surface area contributed by atoms with Gasteiger partial charge in [-0.3, -0.25) is 4.79 Å². The molecule has 0 aliphatic heterocycles. The SMILES string of the molecule is CCCCNC(=O)c1ccc(CN)o1. The number of carbonyl (C=O) groups is 1. The Morgan fingerprint density at radius 2 is 2.36 bits per heavy atom. The topological polar surface area (TPSA) is 68.3 Å². The van der Waals surface area contributed by atoms with E-state index in [4.69, 9.17) is 10.2 Å². The highest BCUT2D eigenvalue weighted by molar-refractivity contribution is 5.91. The summed E-state index contributed by atoms with van der Waals surface area (Å²) < 4.78 is 5.19. The molecule has 1 aromatic rings. The number of furan rings is 1. The fourth-order valence-corrected chi connectivity index (χ4v) is 1.08. The molecular formula is C10H16N2O2. The number of unbranched alkanes of at least 4 members (excludes halogenated alkanes) is 1. The number of rotatable bonds is 5. The van der Waals surface area contributed by atoms with Gasteiger partial charge in [0.25, 0.3) is 5.91 Å². The van der Waals surface area contributed by atoms with Gasteiger partial charge in [0, 0.05) is 6.54 Å². The van der Waals surface area contributed by atoms with Crippen LogP contribution in [0.2, 0.25) is 0 Å². The number of carbonyl (C=O) groups excluding carboxylic acids is 1. The van der Waals surface area contributed by atoms with Gasteiger partial charge < -0.3 is 15.5 Å². The predicted octanol–water partition coefficient (Wildman–Crippen LogP) is 1.27. The normalized spacial score (nSPS) is 10.1. The van der Waals surface area contributed by atoms with Crippen LogP contribution in [0.25, 0.3) is 0 Å². The van der Waals surface area contributed by atoms with Gasteiger partial charge in [-0.05, 0) is 18.6 Å². The van der Waals surface area contributed by atoms with E-state index >= 15 is 0 Å². The number of hydrogen-bond acceptors (Lipinski definition) is 3. The average molecular weight is 196 g/mol. The molecule has 0 atom stereocenters. The van der Waals surface area contributed by atoms with Crippen LogP contribution in [0.15, 0.2) is 16.5 Å². The van der Waals surface area contributed by atoms with E-state index in [1.807, 2.05) is 0 Å². The van der Waals surface area contributed by atoms with Crippen LogP contribution in [-0.4, -0.2) is 12.5 Å². The minimum Gasteiger partial charge on any atom is -0.455 e. The lowest BCUT2D eigenvalue weighted by Gasteiger charge is -2.00. The summed E-state index contributed by atoms with van der Waals surface area (Å²) in [5.74, 6) is 0.797. The summed E-state index contributed by atoms with van der Waals surface area (Å²) in [7, 11) is 0. The van der Waals surface area contributed by atoms with E-state index in [-0.39, 0.29) is 5.91 Å². The second-order valence-corrected chi connectivity index (χ2v) is 3.08. The van der Waals surface area contributed by atoms with E-state index in [1.54, 1.807) is 12.1 Å². The number of nitrogens with two attached hydrogens (primary N) is 1. The van der Waals surface area contributed by atoms with Crippen molar-refractivity contribution in [3.63, 3.8) is 0 Å². The van der Waals surface area contributed by atoms with Crippen LogP contribution in [0.1, 0.15) is 36.1 Å². The molecule has 1 aromatic heterocycles. The zero-order valence-corrected chi connectivity index (χ0v) is 8.38. The molecule has 0 bridgehead atoms. The first-order chi connectivity index (χ1) is 6.77. The van der Waals surface area contributed by atoms with Crippen LogP contribution in [0, 0.1) is 0 Å². The molecule has 1 heterocycles. The molecule has 78 valence electrons. The van der Waals surface area contributed by atoms with Gasteiger partial charge in [-0.2, -0.15) is 0 Å². The van der Waals surface area contributed by atoms with Gasteiger partial charge in [-0.15, -0.1) is 0 Å². The van der Waals surface area contributed by atoms with Crippen LogP contribution in [-0.2, 0) is 6.54 Å². The van der Waals surface area contributed by atoms with E-state index in [2.05, 4.69) is 12.2 Å². The smallest absolute Gasteiger partial charge is 0.286 e. The zero-order chi connectivity index (χ0) is 10.4. The van der Waals surface area contributed by atoms with Gasteiger partial charge in [0.05, 0.1) is 6.54 Å². The van der Waals surface area contributed by atoms with Crippen LogP contribution >= 0.6 is 0 Å². The molecular weight excluding hydrogens is 180 g/mol. The van der Waals surface area contributed by atoms with Crippen molar-refractivity contribution in [3.05, 3.63) is 23.7 Å². The summed E-state index contributed by atoms with van der Waals surface area (Å²) in [5, 5.41) is 2.76. The van der Waals surface area contributed by atoms with Crippen molar-refractivity contribution >= 4 is 5.91 Å². The van der Waals surface area contributed by atoms with Gasteiger partial charge in [-0.1, -0.05) is 13.3 Å². The van der Waals surface area contributed by atoms with Crippen molar-refractivity contribution in [2.45, 2.75) is 26.3 Å². The van der Waals surface area contributed by atoms with Gasteiger partial charge >= 0.3 is 0 Å². The summed E-state index contributed by atoms with van der Waals surface area (Å²) in [4.78, 5) is 11.4. The number of amides is 1. The van der Waals surface area contributed by atoms with E-state index < -0.39 is 0 Å². The molecule has 0 unspecified atom stereocenters. The molecule has 1 amide bonds. The van der Waals surface area contributed by atoms with Crippen LogP contribution in [0.3, 0.4) is 0 Å². The second kappa shape index (κ2) is 5.44. The molecule has 1 rings (SSSR count). The third kappa shape index (κ3) is 2.88. The molecule has 0 fully saturated rings. The maximum atomic E-state index is 11.4. The Labute approximate surface area is 83.5 Å². The van der Waals surface area contributed by atoms with Crippen LogP contribution < -0.4 is 11.1 Å². The molecule has 4 nitrogen and oxygen atoms in total. The molecule has 0 aliphatic rings. The molecule has 4 heteroatoms. The standard InChI is InChI=1S/C10H16N2O2/c1-2-3-6-12-10(13)9-5-4-8(7-11)14-9/h4-5H,2-3,6-7,11H2,1H3,(H,12,13). The van der Waals surface area contributed by atoms with Crippen molar-refractivity contribution in [1.82, 2.24) is 5.32 Å². The highest BCUT2D eigenvalue weighted by Crippen LogP contribution is 2.06. The third-order valence-electron chi connectivity index (χ3n) is 1.90. The highest BCUT2D eigenvalue weighted by Gasteiger charge is 2.08. The van der Waals surface area contributed by atoms with Crippen molar-refractivity contribution in [1.29, 1.82) is 0 Å². The summed E-state index contributed by atoms with van der Waals surface area (Å²) in [5.41, 5.74) is 5.36. The van der Waals surface area contributed by atoms with E-state index in [9.17, 15) is 4.79 Å². The van der Waals surface area contributed by atoms with E-state index in [0.717, 1.165) is 12.8 Å². The summed E-state index contributed by atoms with van der Waals surface area (Å²) in [6.07, 6.45) is 2.04. The summed E-state index contributed by atoms with van der Waals surface area (Å²) >= 11 is 0. The van der Waals surface area contributed by atoms with Gasteiger partial charge in [0.15, 0.2) is 5.76 Å². The molecule has 3 N–H and O–H groups in total. The minimum atomic E-state index is -0.168. The van der Waals surface area contributed by atoms with Crippen molar-refractivity contribution in [2.75, 3.05) is 6.54 Å². The Bertz CT molecular complexity index is 294. The zero-order valence-electron chi connectivity index (χ0n) is 8.38. The van der Waals surface area contributed by atoms with E-state index in [1.165, 1.54) is 0 Å². The third-order valence-corrected chi connectivity index (χ3v) is 1.90. The lowest BCUT2D eigenvalue weighted by Crippen LogP contribution is -2.23. The van der Waals surface area contributed by atoms with Gasteiger partial charge in [-0.25, -0.2) is 0 Å². The van der Waals surface area contributed by atoms with Gasteiger partial charge in [0.1, 0.15) is 5.76 Å². The number of hydrogen-bond donors (Lipinski definition) is 2. The van der Waals surface area contributed by atoms with Crippen molar-refractivity contribution in [2.24, 2.45) is 5.73 Å². The Morgan fingerprint density at radius 1 is 1.57 bits per heavy atom. The monoisotopic (exact) mass is 196 g/mol. The largest absolute Gasteiger partial charge is 0.455 e. The minimum absolute atomic E-state index is 0.168. The molecule has 0 aliphatic carbocycles. The predicted molar refractivity (Wildman–Crippen MR) is 53.8 cm³/mol. The first-order valence-electron chi connectivity index (χ1n) is 4.85. The summed E-state index contributed by atoms with van der Waals surface area (Å²) in [6, 6.07) is 3.36. The molecule has 0 saturated heterocycles. The highest BCUT2D eigenvalue weighted by atomic mass is 16.4. The fraction of sp³-hybridized carbons (Fsp3) is 0.500. The molecule has 0 radical (unpaired) electrons. The molecule has 0 saturated carbocycles. The Morgan fingerprint density at radius 3 is 2.93 bits per heavy atom. The maximum Gasteiger partial charge on any atom is 0.286 e. The Balaban J connectivity index is 2.44. The van der Waals surface area contributed by atoms with Crippen LogP contribution in [0.4, 0.5) is 0 Å². The first kappa shape index (κ1) is 10.8. The molecule has 0 spiro atoms. The summed E-state index contributed by atoms with van der Waals surface area (Å²) in [6.45, 7) is 3.09. The Kier molecular flexibility index (Phi) is 4.19. The average Bonchev–Trinajstić information content (AvgIpc) is 2.66. The fourth-order valence-electron chi connectivity index (χ4n) is 1.08. The lowest BCUT2D eigenvalue weighted by atomic mass is 10.3. The van der Waals surface area contributed by atoms with Crippen LogP contribution in [0.5, 0.6) is 0 Å². The maximum absolute atomic E-state index is 11.4. The van der Waals surface area contributed by atoms with Crippen molar-refractivity contribution < 1.29 is 9.21 Å². The van der Waals surface area contributed by atoms with Gasteiger partial charge in [0.2, 0.25) is 0 Å². The Hall–Kier alpha value is -1.29. The quantitative estimate of drug-likeness (QED) is 0.697. The van der Waals surface area contributed by atoms with Crippen molar-refractivity contribution in [3.8, 4) is 0 Å². The molecule has 0 aromatic carbocycles. The second-order valence-electron chi connectivity index (χ2n) is 3.08. The molecule has 14 heavy (non-hydrogen) atoms. The lowest BCUT2D eigenvalue weighted by molar-refractivity contribution is 0.0923. The van der Waals surface area contributed by atoms with E-state index in [0.29, 0.717) is 24.6 Å². The number of nitrogens with one attached hydrogen (secondary N) is 1. The first-order valence-corrected chi connectivity index (χ1v) is 4.85.